The molecule has 1 aromatic heterocycles. The van der Waals surface area contributed by atoms with E-state index in [1.807, 2.05) is 17.6 Å². The number of benzene rings is 2. The van der Waals surface area contributed by atoms with E-state index in [1.165, 1.54) is 11.1 Å². The third kappa shape index (κ3) is 3.13. The molecule has 100 valence electrons. The third-order valence-electron chi connectivity index (χ3n) is 3.24. The predicted molar refractivity (Wildman–Crippen MR) is 83.7 cm³/mol. The summed E-state index contributed by atoms with van der Waals surface area (Å²) >= 11 is 1.63. The van der Waals surface area contributed by atoms with Gasteiger partial charge in [0.15, 0.2) is 0 Å². The lowest BCUT2D eigenvalue weighted by atomic mass is 9.99. The first kappa shape index (κ1) is 13.0. The molecule has 0 unspecified atom stereocenters. The van der Waals surface area contributed by atoms with Gasteiger partial charge in [0.05, 0.1) is 17.2 Å². The normalized spacial score (nSPS) is 10.8. The largest absolute Gasteiger partial charge is 0.301 e. The van der Waals surface area contributed by atoms with Gasteiger partial charge in [-0.15, -0.1) is 11.3 Å². The molecule has 3 rings (SSSR count). The quantitative estimate of drug-likeness (QED) is 0.763. The molecule has 0 atom stereocenters. The monoisotopic (exact) mass is 280 g/mol. The Balaban J connectivity index is 1.84. The fourth-order valence-corrected chi connectivity index (χ4v) is 2.81. The topological polar surface area (TPSA) is 24.9 Å². The van der Waals surface area contributed by atoms with Crippen LogP contribution >= 0.6 is 11.3 Å². The van der Waals surface area contributed by atoms with Crippen molar-refractivity contribution in [3.8, 4) is 0 Å². The van der Waals surface area contributed by atoms with Gasteiger partial charge in [-0.05, 0) is 11.1 Å². The van der Waals surface area contributed by atoms with E-state index < -0.39 is 0 Å². The van der Waals surface area contributed by atoms with Crippen LogP contribution in [0.2, 0.25) is 0 Å². The van der Waals surface area contributed by atoms with Gasteiger partial charge in [-0.2, -0.15) is 0 Å². The number of rotatable bonds is 5. The van der Waals surface area contributed by atoms with Crippen LogP contribution in [0.15, 0.2) is 71.6 Å². The molecule has 1 heterocycles. The van der Waals surface area contributed by atoms with E-state index in [2.05, 4.69) is 64.2 Å². The fourth-order valence-electron chi connectivity index (χ4n) is 2.25. The maximum Gasteiger partial charge on any atom is 0.0795 e. The van der Waals surface area contributed by atoms with Crippen molar-refractivity contribution in [2.24, 2.45) is 0 Å². The molecule has 0 spiro atoms. The van der Waals surface area contributed by atoms with E-state index in [4.69, 9.17) is 0 Å². The molecular weight excluding hydrogens is 264 g/mol. The zero-order valence-corrected chi connectivity index (χ0v) is 11.9. The van der Waals surface area contributed by atoms with Gasteiger partial charge in [0, 0.05) is 11.9 Å². The summed E-state index contributed by atoms with van der Waals surface area (Å²) in [7, 11) is 0. The maximum atomic E-state index is 4.33. The Bertz CT molecular complexity index is 581. The van der Waals surface area contributed by atoms with E-state index in [-0.39, 0.29) is 6.04 Å². The minimum atomic E-state index is 0.194. The molecule has 0 aliphatic heterocycles. The van der Waals surface area contributed by atoms with Crippen LogP contribution in [0.4, 0.5) is 0 Å². The molecule has 20 heavy (non-hydrogen) atoms. The molecular formula is C17H16N2S. The van der Waals surface area contributed by atoms with Crippen LogP contribution in [0.25, 0.3) is 0 Å². The Morgan fingerprint density at radius 2 is 1.50 bits per heavy atom. The highest BCUT2D eigenvalue weighted by Gasteiger charge is 2.13. The number of hydrogen-bond donors (Lipinski definition) is 1. The Morgan fingerprint density at radius 3 is 2.00 bits per heavy atom. The minimum Gasteiger partial charge on any atom is -0.301 e. The van der Waals surface area contributed by atoms with Crippen LogP contribution in [0.5, 0.6) is 0 Å². The lowest BCUT2D eigenvalue weighted by Crippen LogP contribution is -2.22. The van der Waals surface area contributed by atoms with E-state index in [1.54, 1.807) is 11.3 Å². The molecule has 0 amide bonds. The Labute approximate surface area is 123 Å². The third-order valence-corrected chi connectivity index (χ3v) is 3.87. The summed E-state index contributed by atoms with van der Waals surface area (Å²) in [6.45, 7) is 0.776. The van der Waals surface area contributed by atoms with Crippen molar-refractivity contribution in [3.05, 3.63) is 88.4 Å². The number of thiazole rings is 1. The van der Waals surface area contributed by atoms with Gasteiger partial charge in [0.1, 0.15) is 0 Å². The van der Waals surface area contributed by atoms with Gasteiger partial charge in [0.25, 0.3) is 0 Å². The van der Waals surface area contributed by atoms with Crippen LogP contribution in [-0.4, -0.2) is 4.98 Å². The zero-order chi connectivity index (χ0) is 13.6. The van der Waals surface area contributed by atoms with Gasteiger partial charge >= 0.3 is 0 Å². The highest BCUT2D eigenvalue weighted by molar-refractivity contribution is 7.07. The van der Waals surface area contributed by atoms with E-state index in [9.17, 15) is 0 Å². The van der Waals surface area contributed by atoms with Gasteiger partial charge in [-0.3, -0.25) is 0 Å². The van der Waals surface area contributed by atoms with Gasteiger partial charge in [0.2, 0.25) is 0 Å². The van der Waals surface area contributed by atoms with Crippen molar-refractivity contribution >= 4 is 11.3 Å². The first-order chi connectivity index (χ1) is 9.93. The molecule has 0 aliphatic rings. The second kappa shape index (κ2) is 6.46. The average molecular weight is 280 g/mol. The standard InChI is InChI=1S/C17H16N2S/c1-3-7-14(8-4-1)17(15-9-5-2-6-10-15)18-11-16-12-20-13-19-16/h1-10,12-13,17-18H,11H2. The summed E-state index contributed by atoms with van der Waals surface area (Å²) in [5.74, 6) is 0. The number of aromatic nitrogens is 1. The lowest BCUT2D eigenvalue weighted by molar-refractivity contribution is 0.598. The molecule has 0 saturated heterocycles. The first-order valence-corrected chi connectivity index (χ1v) is 7.58. The molecule has 0 radical (unpaired) electrons. The van der Waals surface area contributed by atoms with Crippen LogP contribution in [-0.2, 0) is 6.54 Å². The SMILES string of the molecule is c1ccc(C(NCc2cscn2)c2ccccc2)cc1. The molecule has 0 saturated carbocycles. The number of nitrogens with zero attached hydrogens (tertiary/aromatic N) is 1. The molecule has 0 bridgehead atoms. The maximum absolute atomic E-state index is 4.33. The molecule has 2 aromatic carbocycles. The smallest absolute Gasteiger partial charge is 0.0795 e. The predicted octanol–water partition coefficient (Wildman–Crippen LogP) is 4.02. The second-order valence-corrected chi connectivity index (χ2v) is 5.33. The number of nitrogens with one attached hydrogen (secondary N) is 1. The molecule has 2 nitrogen and oxygen atoms in total. The van der Waals surface area contributed by atoms with Crippen LogP contribution in [0.1, 0.15) is 22.9 Å². The summed E-state index contributed by atoms with van der Waals surface area (Å²) in [4.78, 5) is 4.33. The Morgan fingerprint density at radius 1 is 0.900 bits per heavy atom. The van der Waals surface area contributed by atoms with Crippen molar-refractivity contribution < 1.29 is 0 Å². The highest BCUT2D eigenvalue weighted by atomic mass is 32.1. The summed E-state index contributed by atoms with van der Waals surface area (Å²) in [6.07, 6.45) is 0. The number of hydrogen-bond acceptors (Lipinski definition) is 3. The average Bonchev–Trinajstić information content (AvgIpc) is 3.03. The molecule has 0 aliphatic carbocycles. The zero-order valence-electron chi connectivity index (χ0n) is 11.1. The first-order valence-electron chi connectivity index (χ1n) is 6.64. The molecule has 0 fully saturated rings. The van der Waals surface area contributed by atoms with E-state index >= 15 is 0 Å². The summed E-state index contributed by atoms with van der Waals surface area (Å²) in [6, 6.07) is 21.2. The van der Waals surface area contributed by atoms with Crippen LogP contribution in [0.3, 0.4) is 0 Å². The van der Waals surface area contributed by atoms with E-state index in [0.717, 1.165) is 12.2 Å². The van der Waals surface area contributed by atoms with Crippen molar-refractivity contribution in [3.63, 3.8) is 0 Å². The van der Waals surface area contributed by atoms with Crippen molar-refractivity contribution in [1.82, 2.24) is 10.3 Å². The lowest BCUT2D eigenvalue weighted by Gasteiger charge is -2.19. The van der Waals surface area contributed by atoms with E-state index in [0.29, 0.717) is 0 Å². The molecule has 3 heteroatoms. The van der Waals surface area contributed by atoms with Gasteiger partial charge in [-0.1, -0.05) is 60.7 Å². The van der Waals surface area contributed by atoms with Crippen molar-refractivity contribution in [2.75, 3.05) is 0 Å². The summed E-state index contributed by atoms with van der Waals surface area (Å²) < 4.78 is 0. The highest BCUT2D eigenvalue weighted by Crippen LogP contribution is 2.22. The Kier molecular flexibility index (Phi) is 4.21. The molecule has 3 aromatic rings. The minimum absolute atomic E-state index is 0.194. The Hall–Kier alpha value is -1.97. The molecule has 1 N–H and O–H groups in total. The van der Waals surface area contributed by atoms with Crippen molar-refractivity contribution in [2.45, 2.75) is 12.6 Å². The second-order valence-electron chi connectivity index (χ2n) is 4.62. The van der Waals surface area contributed by atoms with Crippen LogP contribution < -0.4 is 5.32 Å². The van der Waals surface area contributed by atoms with Crippen LogP contribution in [0, 0.1) is 0 Å². The van der Waals surface area contributed by atoms with Crippen molar-refractivity contribution in [1.29, 1.82) is 0 Å². The van der Waals surface area contributed by atoms with Gasteiger partial charge < -0.3 is 5.32 Å². The summed E-state index contributed by atoms with van der Waals surface area (Å²) in [5, 5.41) is 5.68. The fraction of sp³-hybridized carbons (Fsp3) is 0.118. The van der Waals surface area contributed by atoms with Gasteiger partial charge in [-0.25, -0.2) is 4.98 Å². The summed E-state index contributed by atoms with van der Waals surface area (Å²) in [5.41, 5.74) is 5.51.